The van der Waals surface area contributed by atoms with Gasteiger partial charge < -0.3 is 19.4 Å². The molecule has 0 unspecified atom stereocenters. The van der Waals surface area contributed by atoms with Crippen molar-refractivity contribution in [2.45, 2.75) is 57.3 Å². The molecule has 1 fully saturated rings. The second-order valence-corrected chi connectivity index (χ2v) is 19.9. The summed E-state index contributed by atoms with van der Waals surface area (Å²) in [7, 11) is -4.64. The van der Waals surface area contributed by atoms with Crippen molar-refractivity contribution in [1.29, 1.82) is 0 Å². The van der Waals surface area contributed by atoms with Gasteiger partial charge in [-0.2, -0.15) is 0 Å². The van der Waals surface area contributed by atoms with Gasteiger partial charge in [-0.1, -0.05) is 73.0 Å². The molecule has 4 heterocycles. The van der Waals surface area contributed by atoms with Gasteiger partial charge in [-0.15, -0.1) is 0 Å². The van der Waals surface area contributed by atoms with Gasteiger partial charge in [0.15, 0.2) is 0 Å². The highest BCUT2D eigenvalue weighted by Gasteiger charge is 2.34. The van der Waals surface area contributed by atoms with E-state index in [0.29, 0.717) is 17.0 Å². The second-order valence-electron chi connectivity index (χ2n) is 17.8. The molecular weight excluding hydrogens is 852 g/mol. The Morgan fingerprint density at radius 1 is 1.02 bits per heavy atom. The number of hydrogen-bond donors (Lipinski definition) is 2. The van der Waals surface area contributed by atoms with Gasteiger partial charge in [-0.3, -0.25) is 19.8 Å². The normalized spacial score (nSPS) is 17.8. The van der Waals surface area contributed by atoms with Crippen molar-refractivity contribution in [3.8, 4) is 17.2 Å². The van der Waals surface area contributed by atoms with E-state index in [0.717, 1.165) is 85.3 Å². The summed E-state index contributed by atoms with van der Waals surface area (Å²) in [5.41, 5.74) is 7.68. The Labute approximate surface area is 377 Å². The van der Waals surface area contributed by atoms with Gasteiger partial charge in [0.05, 0.1) is 33.7 Å². The molecule has 1 saturated heterocycles. The van der Waals surface area contributed by atoms with Crippen LogP contribution in [0, 0.1) is 22.5 Å². The van der Waals surface area contributed by atoms with Gasteiger partial charge in [-0.05, 0) is 91.1 Å². The Bertz CT molecular complexity index is 2910. The van der Waals surface area contributed by atoms with Crippen LogP contribution >= 0.6 is 11.6 Å². The monoisotopic (exact) mass is 900 g/mol. The topological polar surface area (TPSA) is 160 Å². The fourth-order valence-corrected chi connectivity index (χ4v) is 10.1. The van der Waals surface area contributed by atoms with Gasteiger partial charge in [-0.25, -0.2) is 18.1 Å². The molecule has 2 aliphatic heterocycles. The number of amides is 1. The van der Waals surface area contributed by atoms with Gasteiger partial charge in [0.25, 0.3) is 21.6 Å². The Balaban J connectivity index is 0.953. The minimum Gasteiger partial charge on any atom is -0.492 e. The van der Waals surface area contributed by atoms with Crippen molar-refractivity contribution in [1.82, 2.24) is 19.6 Å². The molecule has 0 bridgehead atoms. The van der Waals surface area contributed by atoms with Crippen molar-refractivity contribution in [2.75, 3.05) is 44.2 Å². The van der Waals surface area contributed by atoms with E-state index in [2.05, 4.69) is 50.5 Å². The number of benzene rings is 4. The first kappa shape index (κ1) is 43.1. The maximum atomic E-state index is 14.1. The van der Waals surface area contributed by atoms with Crippen molar-refractivity contribution < 1.29 is 27.6 Å². The summed E-state index contributed by atoms with van der Waals surface area (Å²) in [6.07, 6.45) is 6.76. The summed E-state index contributed by atoms with van der Waals surface area (Å²) in [6, 6.07) is 26.9. The lowest BCUT2D eigenvalue weighted by molar-refractivity contribution is -0.386. The van der Waals surface area contributed by atoms with Gasteiger partial charge in [0, 0.05) is 79.1 Å². The SMILES string of the molecule is Cc1ccc([C@@H]2COc3cc(S(=O)(=O)NC(=O)c4ccc(N5CCN(CC6=C(c7ccc(Cl)cc7)CC(C)(C)CC6)CC5)cc4Oc4cnc5[nH]ccc5c4)cc([N+](=O)[O-])c3C2)cc1. The molecule has 15 heteroatoms. The first-order valence-corrected chi connectivity index (χ1v) is 23.3. The number of rotatable bonds is 11. The van der Waals surface area contributed by atoms with Crippen molar-refractivity contribution in [2.24, 2.45) is 5.41 Å². The van der Waals surface area contributed by atoms with Crippen LogP contribution in [0.15, 0.2) is 114 Å². The van der Waals surface area contributed by atoms with Crippen LogP contribution in [-0.4, -0.2) is 73.4 Å². The summed E-state index contributed by atoms with van der Waals surface area (Å²) >= 11 is 6.25. The van der Waals surface area contributed by atoms with E-state index >= 15 is 0 Å². The number of anilines is 1. The largest absolute Gasteiger partial charge is 0.492 e. The van der Waals surface area contributed by atoms with Crippen LogP contribution in [-0.2, 0) is 16.4 Å². The smallest absolute Gasteiger partial charge is 0.277 e. The molecule has 1 amide bonds. The predicted octanol–water partition coefficient (Wildman–Crippen LogP) is 9.85. The average molecular weight is 901 g/mol. The van der Waals surface area contributed by atoms with Crippen LogP contribution < -0.4 is 19.1 Å². The highest BCUT2D eigenvalue weighted by Crippen LogP contribution is 2.44. The zero-order valence-electron chi connectivity index (χ0n) is 35.9. The number of aryl methyl sites for hydroxylation is 1. The Hall–Kier alpha value is -6.22. The second kappa shape index (κ2) is 17.4. The maximum absolute atomic E-state index is 14.1. The van der Waals surface area contributed by atoms with Crippen molar-refractivity contribution >= 4 is 55.5 Å². The number of aromatic nitrogens is 2. The standard InChI is InChI=1S/C49H49ClN6O7S/c1-31-4-6-32(7-5-31)36-23-42-44(56(58)59)25-40(26-45(42)62-30-36)64(60,61)53-48(57)41-13-12-38(24-46(41)63-39-22-34-15-17-51-47(34)52-28-39)55-20-18-54(19-21-55)29-35-14-16-49(2,3)27-43(35)33-8-10-37(50)11-9-33/h4-13,15,17,22,24-26,28,36H,14,16,18-21,23,27,29-30H2,1-3H3,(H,51,52)(H,53,57)/t36-/m0/s1. The third-order valence-corrected chi connectivity index (χ3v) is 14.2. The number of nitrogens with zero attached hydrogens (tertiary/aromatic N) is 4. The number of H-pyrrole nitrogens is 1. The Morgan fingerprint density at radius 3 is 2.53 bits per heavy atom. The average Bonchev–Trinajstić information content (AvgIpc) is 3.75. The van der Waals surface area contributed by atoms with Crippen molar-refractivity contribution in [3.63, 3.8) is 0 Å². The fourth-order valence-electron chi connectivity index (χ4n) is 9.02. The number of fused-ring (bicyclic) bond motifs is 2. The molecule has 2 aromatic heterocycles. The molecule has 1 atom stereocenters. The predicted molar refractivity (Wildman–Crippen MR) is 248 cm³/mol. The summed E-state index contributed by atoms with van der Waals surface area (Å²) < 4.78 is 42.3. The van der Waals surface area contributed by atoms with Crippen molar-refractivity contribution in [3.05, 3.63) is 152 Å². The van der Waals surface area contributed by atoms with E-state index in [1.165, 1.54) is 29.0 Å². The maximum Gasteiger partial charge on any atom is 0.277 e. The number of halogens is 1. The molecule has 4 aromatic carbocycles. The molecule has 1 aliphatic carbocycles. The van der Waals surface area contributed by atoms with Crippen LogP contribution in [0.25, 0.3) is 16.6 Å². The molecule has 13 nitrogen and oxygen atoms in total. The molecule has 330 valence electrons. The number of nitrogens with one attached hydrogen (secondary N) is 2. The number of pyridine rings is 1. The Morgan fingerprint density at radius 2 is 1.78 bits per heavy atom. The third kappa shape index (κ3) is 9.21. The third-order valence-electron chi connectivity index (χ3n) is 12.7. The minimum absolute atomic E-state index is 0.0494. The number of ether oxygens (including phenoxy) is 2. The number of carbonyl (C=O) groups is 1. The number of nitro groups is 1. The van der Waals surface area contributed by atoms with Crippen LogP contribution in [0.1, 0.15) is 71.6 Å². The van der Waals surface area contributed by atoms with Crippen LogP contribution in [0.5, 0.6) is 17.2 Å². The molecule has 0 spiro atoms. The Kier molecular flexibility index (Phi) is 11.7. The summed E-state index contributed by atoms with van der Waals surface area (Å²) in [5, 5.41) is 13.9. The van der Waals surface area contributed by atoms with E-state index in [4.69, 9.17) is 21.1 Å². The van der Waals surface area contributed by atoms with Crippen LogP contribution in [0.3, 0.4) is 0 Å². The van der Waals surface area contributed by atoms with Crippen LogP contribution in [0.4, 0.5) is 11.4 Å². The highest BCUT2D eigenvalue weighted by molar-refractivity contribution is 7.90. The minimum atomic E-state index is -4.64. The van der Waals surface area contributed by atoms with E-state index in [1.807, 2.05) is 49.4 Å². The number of piperazine rings is 1. The van der Waals surface area contributed by atoms with E-state index in [-0.39, 0.29) is 41.4 Å². The first-order chi connectivity index (χ1) is 30.7. The molecule has 9 rings (SSSR count). The number of sulfonamides is 1. The lowest BCUT2D eigenvalue weighted by Crippen LogP contribution is -2.47. The number of aromatic amines is 1. The molecule has 3 aliphatic rings. The molecule has 6 aromatic rings. The molecular formula is C49H49ClN6O7S. The molecule has 64 heavy (non-hydrogen) atoms. The van der Waals surface area contributed by atoms with Crippen LogP contribution in [0.2, 0.25) is 5.02 Å². The molecule has 2 N–H and O–H groups in total. The van der Waals surface area contributed by atoms with E-state index in [1.54, 1.807) is 30.5 Å². The lowest BCUT2D eigenvalue weighted by atomic mass is 9.72. The number of hydrogen-bond acceptors (Lipinski definition) is 10. The highest BCUT2D eigenvalue weighted by atomic mass is 35.5. The number of allylic oxidation sites excluding steroid dienone is 1. The first-order valence-electron chi connectivity index (χ1n) is 21.4. The number of carbonyl (C=O) groups excluding carboxylic acids is 1. The zero-order chi connectivity index (χ0) is 44.8. The summed E-state index contributed by atoms with van der Waals surface area (Å²) in [5.74, 6) is -0.573. The molecule has 0 saturated carbocycles. The van der Waals surface area contributed by atoms with Gasteiger partial charge in [0.1, 0.15) is 22.9 Å². The fraction of sp³-hybridized carbons (Fsp3) is 0.306. The zero-order valence-corrected chi connectivity index (χ0v) is 37.5. The molecule has 0 radical (unpaired) electrons. The lowest BCUT2D eigenvalue weighted by Gasteiger charge is -2.39. The summed E-state index contributed by atoms with van der Waals surface area (Å²) in [4.78, 5) is 37.5. The van der Waals surface area contributed by atoms with Gasteiger partial charge in [0.2, 0.25) is 0 Å². The van der Waals surface area contributed by atoms with E-state index in [9.17, 15) is 23.3 Å². The summed E-state index contributed by atoms with van der Waals surface area (Å²) in [6.45, 7) is 10.8. The van der Waals surface area contributed by atoms with E-state index < -0.39 is 31.4 Å². The quantitative estimate of drug-likeness (QED) is 0.0947. The number of nitro benzene ring substituents is 1. The van der Waals surface area contributed by atoms with Gasteiger partial charge >= 0.3 is 0 Å².